The number of phenolic OH excluding ortho intramolecular Hbond substituents is 1. The Hall–Kier alpha value is -3.15. The van der Waals surface area contributed by atoms with E-state index >= 15 is 0 Å². The lowest BCUT2D eigenvalue weighted by Crippen LogP contribution is -2.27. The Bertz CT molecular complexity index is 1060. The van der Waals surface area contributed by atoms with Crippen LogP contribution in [0.4, 0.5) is 0 Å². The largest absolute Gasteiger partial charge is 0.507 e. The number of amides is 1. The fourth-order valence-electron chi connectivity index (χ4n) is 4.86. The summed E-state index contributed by atoms with van der Waals surface area (Å²) in [6.07, 6.45) is 3.58. The number of aromatic amines is 1. The van der Waals surface area contributed by atoms with Crippen molar-refractivity contribution < 1.29 is 9.90 Å². The van der Waals surface area contributed by atoms with Crippen LogP contribution in [0.25, 0.3) is 22.3 Å². The molecule has 0 bridgehead atoms. The average Bonchev–Trinajstić information content (AvgIpc) is 3.39. The Labute approximate surface area is 162 Å². The van der Waals surface area contributed by atoms with Crippen molar-refractivity contribution in [3.63, 3.8) is 0 Å². The number of nitrogens with one attached hydrogen (secondary N) is 1. The van der Waals surface area contributed by atoms with Crippen LogP contribution in [0, 0.1) is 11.8 Å². The Balaban J connectivity index is 1.38. The second kappa shape index (κ2) is 6.48. The maximum Gasteiger partial charge on any atom is 0.245 e. The molecule has 0 radical (unpaired) electrons. The topological polar surface area (TPSA) is 82.1 Å². The molecule has 2 atom stereocenters. The van der Waals surface area contributed by atoms with Gasteiger partial charge in [-0.3, -0.25) is 4.79 Å². The number of likely N-dealkylation sites (tertiary alicyclic amines) is 1. The molecule has 0 spiro atoms. The Morgan fingerprint density at radius 1 is 1.18 bits per heavy atom. The van der Waals surface area contributed by atoms with Gasteiger partial charge in [0.1, 0.15) is 5.75 Å². The van der Waals surface area contributed by atoms with Crippen LogP contribution >= 0.6 is 0 Å². The fourth-order valence-corrected chi connectivity index (χ4v) is 4.86. The molecule has 28 heavy (non-hydrogen) atoms. The van der Waals surface area contributed by atoms with Gasteiger partial charge in [0.05, 0.1) is 5.69 Å². The molecule has 2 aliphatic rings. The molecular formula is C22H22N4O2. The van der Waals surface area contributed by atoms with Crippen LogP contribution in [0.1, 0.15) is 24.5 Å². The van der Waals surface area contributed by atoms with E-state index in [1.54, 1.807) is 12.1 Å². The van der Waals surface area contributed by atoms with Crippen LogP contribution < -0.4 is 0 Å². The number of rotatable bonds is 3. The van der Waals surface area contributed by atoms with Crippen molar-refractivity contribution in [1.82, 2.24) is 20.1 Å². The van der Waals surface area contributed by atoms with Crippen LogP contribution in [-0.2, 0) is 4.79 Å². The van der Waals surface area contributed by atoms with E-state index in [4.69, 9.17) is 0 Å². The number of benzene rings is 1. The lowest BCUT2D eigenvalue weighted by atomic mass is 10.0. The first kappa shape index (κ1) is 17.0. The third-order valence-corrected chi connectivity index (χ3v) is 6.25. The third-order valence-electron chi connectivity index (χ3n) is 6.25. The van der Waals surface area contributed by atoms with E-state index in [2.05, 4.69) is 27.8 Å². The van der Waals surface area contributed by atoms with Gasteiger partial charge in [-0.15, -0.1) is 10.2 Å². The van der Waals surface area contributed by atoms with Crippen LogP contribution in [-0.4, -0.2) is 44.2 Å². The van der Waals surface area contributed by atoms with Gasteiger partial charge in [0, 0.05) is 29.7 Å². The smallest absolute Gasteiger partial charge is 0.245 e. The Morgan fingerprint density at radius 3 is 2.64 bits per heavy atom. The number of hydrogen-bond donors (Lipinski definition) is 2. The average molecular weight is 374 g/mol. The number of fused-ring (bicyclic) bond motifs is 2. The number of hydrogen-bond acceptors (Lipinski definition) is 4. The summed E-state index contributed by atoms with van der Waals surface area (Å²) in [6.45, 7) is 5.27. The van der Waals surface area contributed by atoms with Gasteiger partial charge in [-0.2, -0.15) is 0 Å². The molecule has 2 N–H and O–H groups in total. The minimum Gasteiger partial charge on any atom is -0.507 e. The SMILES string of the molecule is C=CC(=O)N1CC2CC(c3cc4cc(-c5ccccc5O)nnc4[nH]3)CC2C1. The maximum absolute atomic E-state index is 11.9. The number of para-hydroxylation sites is 1. The molecule has 1 aromatic carbocycles. The molecule has 6 heteroatoms. The zero-order valence-electron chi connectivity index (χ0n) is 15.5. The van der Waals surface area contributed by atoms with Crippen LogP contribution in [0.5, 0.6) is 5.75 Å². The second-order valence-corrected chi connectivity index (χ2v) is 7.91. The summed E-state index contributed by atoms with van der Waals surface area (Å²) in [4.78, 5) is 17.2. The molecule has 142 valence electrons. The molecule has 3 heterocycles. The van der Waals surface area contributed by atoms with Crippen molar-refractivity contribution in [2.75, 3.05) is 13.1 Å². The summed E-state index contributed by atoms with van der Waals surface area (Å²) in [5, 5.41) is 19.7. The van der Waals surface area contributed by atoms with E-state index in [1.165, 1.54) is 11.8 Å². The number of H-pyrrole nitrogens is 1. The second-order valence-electron chi connectivity index (χ2n) is 7.91. The molecule has 1 saturated carbocycles. The molecule has 1 amide bonds. The molecule has 2 unspecified atom stereocenters. The highest BCUT2D eigenvalue weighted by atomic mass is 16.3. The molecule has 2 fully saturated rings. The van der Waals surface area contributed by atoms with Gasteiger partial charge in [-0.1, -0.05) is 18.7 Å². The summed E-state index contributed by atoms with van der Waals surface area (Å²) in [7, 11) is 0. The van der Waals surface area contributed by atoms with Crippen molar-refractivity contribution in [2.24, 2.45) is 11.8 Å². The van der Waals surface area contributed by atoms with Crippen molar-refractivity contribution in [1.29, 1.82) is 0 Å². The fraction of sp³-hybridized carbons (Fsp3) is 0.318. The predicted molar refractivity (Wildman–Crippen MR) is 107 cm³/mol. The van der Waals surface area contributed by atoms with E-state index in [0.29, 0.717) is 29.0 Å². The highest BCUT2D eigenvalue weighted by Gasteiger charge is 2.42. The molecule has 6 nitrogen and oxygen atoms in total. The van der Waals surface area contributed by atoms with Gasteiger partial charge in [0.25, 0.3) is 0 Å². The number of carbonyl (C=O) groups is 1. The first-order valence-electron chi connectivity index (χ1n) is 9.68. The zero-order chi connectivity index (χ0) is 19.3. The van der Waals surface area contributed by atoms with Crippen molar-refractivity contribution >= 4 is 16.9 Å². The van der Waals surface area contributed by atoms with E-state index < -0.39 is 0 Å². The number of phenols is 1. The highest BCUT2D eigenvalue weighted by molar-refractivity contribution is 5.87. The predicted octanol–water partition coefficient (Wildman–Crippen LogP) is 3.47. The van der Waals surface area contributed by atoms with Gasteiger partial charge in [-0.25, -0.2) is 0 Å². The summed E-state index contributed by atoms with van der Waals surface area (Å²) in [5.74, 6) is 1.82. The van der Waals surface area contributed by atoms with E-state index in [0.717, 1.165) is 37.0 Å². The number of aromatic hydroxyl groups is 1. The lowest BCUT2D eigenvalue weighted by Gasteiger charge is -2.17. The summed E-state index contributed by atoms with van der Waals surface area (Å²) in [6, 6.07) is 11.3. The first-order valence-corrected chi connectivity index (χ1v) is 9.68. The Kier molecular flexibility index (Phi) is 3.93. The van der Waals surface area contributed by atoms with Crippen molar-refractivity contribution in [2.45, 2.75) is 18.8 Å². The third kappa shape index (κ3) is 2.76. The molecule has 1 aliphatic heterocycles. The van der Waals surface area contributed by atoms with Crippen LogP contribution in [0.2, 0.25) is 0 Å². The van der Waals surface area contributed by atoms with Gasteiger partial charge in [0.2, 0.25) is 5.91 Å². The summed E-state index contributed by atoms with van der Waals surface area (Å²) < 4.78 is 0. The zero-order valence-corrected chi connectivity index (χ0v) is 15.5. The number of carbonyl (C=O) groups excluding carboxylic acids is 1. The molecule has 1 aliphatic carbocycles. The summed E-state index contributed by atoms with van der Waals surface area (Å²) in [5.41, 5.74) is 3.31. The minimum absolute atomic E-state index is 0.0449. The highest BCUT2D eigenvalue weighted by Crippen LogP contribution is 2.46. The molecular weight excluding hydrogens is 352 g/mol. The van der Waals surface area contributed by atoms with Gasteiger partial charge in [-0.05, 0) is 60.9 Å². The van der Waals surface area contributed by atoms with E-state index in [9.17, 15) is 9.90 Å². The lowest BCUT2D eigenvalue weighted by molar-refractivity contribution is -0.125. The van der Waals surface area contributed by atoms with Crippen molar-refractivity contribution in [3.05, 3.63) is 54.7 Å². The normalized spacial score (nSPS) is 23.9. The molecule has 5 rings (SSSR count). The molecule has 2 aromatic heterocycles. The van der Waals surface area contributed by atoms with Gasteiger partial charge in [0.15, 0.2) is 5.65 Å². The first-order chi connectivity index (χ1) is 13.6. The molecule has 1 saturated heterocycles. The van der Waals surface area contributed by atoms with Gasteiger partial charge >= 0.3 is 0 Å². The van der Waals surface area contributed by atoms with Crippen LogP contribution in [0.3, 0.4) is 0 Å². The monoisotopic (exact) mass is 374 g/mol. The molecule has 3 aromatic rings. The number of aromatic nitrogens is 3. The van der Waals surface area contributed by atoms with Gasteiger partial charge < -0.3 is 15.0 Å². The van der Waals surface area contributed by atoms with Crippen molar-refractivity contribution in [3.8, 4) is 17.0 Å². The van der Waals surface area contributed by atoms with E-state index in [1.807, 2.05) is 23.1 Å². The quantitative estimate of drug-likeness (QED) is 0.688. The number of nitrogens with zero attached hydrogens (tertiary/aromatic N) is 3. The van der Waals surface area contributed by atoms with E-state index in [-0.39, 0.29) is 11.7 Å². The maximum atomic E-state index is 11.9. The standard InChI is InChI=1S/C22H22N4O2/c1-2-21(28)26-11-15-7-13(8-16(15)12-26)18-9-14-10-19(24-25-22(14)23-18)17-5-3-4-6-20(17)27/h2-6,9-10,13,15-16,27H,1,7-8,11-12H2,(H,23,25). The minimum atomic E-state index is 0.0449. The van der Waals surface area contributed by atoms with Crippen LogP contribution in [0.15, 0.2) is 49.1 Å². The Morgan fingerprint density at radius 2 is 1.93 bits per heavy atom. The summed E-state index contributed by atoms with van der Waals surface area (Å²) >= 11 is 0.